The second kappa shape index (κ2) is 5.00. The van der Waals surface area contributed by atoms with Crippen molar-refractivity contribution >= 4 is 5.91 Å². The maximum absolute atomic E-state index is 13.7. The molecule has 0 heterocycles. The number of amides is 1. The maximum atomic E-state index is 13.7. The standard InChI is InChI=1S/C15H17FN2O/c1-11(12-6-3-4-7-13(12)16)18(2)14(19)15(10-17)8-5-9-15/h3-4,6-7,11H,5,8-9H2,1-2H3. The van der Waals surface area contributed by atoms with Crippen LogP contribution in [0.3, 0.4) is 0 Å². The molecule has 1 aromatic rings. The highest BCUT2D eigenvalue weighted by Crippen LogP contribution is 2.42. The molecule has 1 saturated carbocycles. The number of rotatable bonds is 3. The highest BCUT2D eigenvalue weighted by molar-refractivity contribution is 5.86. The van der Waals surface area contributed by atoms with E-state index in [2.05, 4.69) is 6.07 Å². The molecule has 2 rings (SSSR count). The average molecular weight is 260 g/mol. The number of hydrogen-bond acceptors (Lipinski definition) is 2. The predicted molar refractivity (Wildman–Crippen MR) is 69.5 cm³/mol. The highest BCUT2D eigenvalue weighted by atomic mass is 19.1. The van der Waals surface area contributed by atoms with Crippen molar-refractivity contribution < 1.29 is 9.18 Å². The van der Waals surface area contributed by atoms with Gasteiger partial charge in [0.25, 0.3) is 0 Å². The van der Waals surface area contributed by atoms with Crippen LogP contribution in [0, 0.1) is 22.6 Å². The van der Waals surface area contributed by atoms with E-state index in [4.69, 9.17) is 0 Å². The third-order valence-corrected chi connectivity index (χ3v) is 4.09. The Morgan fingerprint density at radius 2 is 2.11 bits per heavy atom. The summed E-state index contributed by atoms with van der Waals surface area (Å²) in [6.07, 6.45) is 2.12. The molecule has 100 valence electrons. The summed E-state index contributed by atoms with van der Waals surface area (Å²) in [5.74, 6) is -0.522. The molecule has 0 aromatic heterocycles. The predicted octanol–water partition coefficient (Wildman–Crippen LogP) is 3.04. The summed E-state index contributed by atoms with van der Waals surface area (Å²) in [7, 11) is 1.64. The lowest BCUT2D eigenvalue weighted by Gasteiger charge is -2.39. The van der Waals surface area contributed by atoms with Gasteiger partial charge in [-0.15, -0.1) is 0 Å². The van der Waals surface area contributed by atoms with Gasteiger partial charge in [-0.3, -0.25) is 4.79 Å². The van der Waals surface area contributed by atoms with Gasteiger partial charge in [-0.25, -0.2) is 4.39 Å². The van der Waals surface area contributed by atoms with Crippen molar-refractivity contribution in [3.8, 4) is 6.07 Å². The molecule has 0 N–H and O–H groups in total. The van der Waals surface area contributed by atoms with Crippen LogP contribution < -0.4 is 0 Å². The van der Waals surface area contributed by atoms with Gasteiger partial charge in [-0.1, -0.05) is 18.2 Å². The molecule has 1 aromatic carbocycles. The first-order valence-electron chi connectivity index (χ1n) is 6.45. The maximum Gasteiger partial charge on any atom is 0.243 e. The minimum absolute atomic E-state index is 0.197. The Morgan fingerprint density at radius 1 is 1.47 bits per heavy atom. The molecule has 3 nitrogen and oxygen atoms in total. The van der Waals surface area contributed by atoms with Gasteiger partial charge in [-0.05, 0) is 32.3 Å². The monoisotopic (exact) mass is 260 g/mol. The van der Waals surface area contributed by atoms with E-state index in [1.807, 2.05) is 0 Å². The fourth-order valence-corrected chi connectivity index (χ4v) is 2.44. The summed E-state index contributed by atoms with van der Waals surface area (Å²) in [4.78, 5) is 13.9. The third-order valence-electron chi connectivity index (χ3n) is 4.09. The van der Waals surface area contributed by atoms with E-state index >= 15 is 0 Å². The summed E-state index contributed by atoms with van der Waals surface area (Å²) < 4.78 is 13.7. The third kappa shape index (κ3) is 2.21. The Balaban J connectivity index is 2.21. The van der Waals surface area contributed by atoms with Crippen molar-refractivity contribution in [1.29, 1.82) is 5.26 Å². The molecule has 0 aliphatic heterocycles. The van der Waals surface area contributed by atoms with Crippen LogP contribution in [0.1, 0.15) is 37.8 Å². The largest absolute Gasteiger partial charge is 0.338 e. The van der Waals surface area contributed by atoms with E-state index in [0.29, 0.717) is 18.4 Å². The second-order valence-electron chi connectivity index (χ2n) is 5.16. The number of carbonyl (C=O) groups is 1. The Bertz CT molecular complexity index is 531. The number of nitrogens with zero attached hydrogens (tertiary/aromatic N) is 2. The normalized spacial score (nSPS) is 18.0. The topological polar surface area (TPSA) is 44.1 Å². The molecule has 1 fully saturated rings. The highest BCUT2D eigenvalue weighted by Gasteiger charge is 2.47. The molecule has 4 heteroatoms. The summed E-state index contributed by atoms with van der Waals surface area (Å²) in [6, 6.07) is 8.18. The molecule has 1 aliphatic carbocycles. The van der Waals surface area contributed by atoms with Crippen LogP contribution in [0.25, 0.3) is 0 Å². The lowest BCUT2D eigenvalue weighted by Crippen LogP contribution is -2.46. The van der Waals surface area contributed by atoms with Crippen LogP contribution in [-0.2, 0) is 4.79 Å². The Labute approximate surface area is 112 Å². The number of halogens is 1. The minimum atomic E-state index is -0.881. The van der Waals surface area contributed by atoms with Gasteiger partial charge in [0.15, 0.2) is 0 Å². The molecule has 1 atom stereocenters. The molecule has 0 saturated heterocycles. The summed E-state index contributed by atoms with van der Waals surface area (Å²) >= 11 is 0. The van der Waals surface area contributed by atoms with Crippen molar-refractivity contribution in [3.63, 3.8) is 0 Å². The van der Waals surface area contributed by atoms with E-state index in [1.165, 1.54) is 11.0 Å². The van der Waals surface area contributed by atoms with Gasteiger partial charge in [0.1, 0.15) is 11.2 Å². The quantitative estimate of drug-likeness (QED) is 0.838. The van der Waals surface area contributed by atoms with Crippen molar-refractivity contribution in [2.45, 2.75) is 32.2 Å². The molecular formula is C15H17FN2O. The molecule has 1 aliphatic rings. The summed E-state index contributed by atoms with van der Waals surface area (Å²) in [5.41, 5.74) is -0.403. The Kier molecular flexibility index (Phi) is 3.57. The smallest absolute Gasteiger partial charge is 0.243 e. The van der Waals surface area contributed by atoms with Crippen molar-refractivity contribution in [2.24, 2.45) is 5.41 Å². The van der Waals surface area contributed by atoms with Gasteiger partial charge in [-0.2, -0.15) is 5.26 Å². The SMILES string of the molecule is CC(c1ccccc1F)N(C)C(=O)C1(C#N)CCC1. The first-order chi connectivity index (χ1) is 9.02. The second-order valence-corrected chi connectivity index (χ2v) is 5.16. The molecule has 0 radical (unpaired) electrons. The number of benzene rings is 1. The van der Waals surface area contributed by atoms with Crippen LogP contribution in [-0.4, -0.2) is 17.9 Å². The average Bonchev–Trinajstić information content (AvgIpc) is 2.37. The van der Waals surface area contributed by atoms with E-state index in [0.717, 1.165) is 6.42 Å². The first-order valence-corrected chi connectivity index (χ1v) is 6.45. The summed E-state index contributed by atoms with van der Waals surface area (Å²) in [5, 5.41) is 9.19. The van der Waals surface area contributed by atoms with Crippen LogP contribution in [0.2, 0.25) is 0 Å². The van der Waals surface area contributed by atoms with Crippen LogP contribution >= 0.6 is 0 Å². The molecule has 0 bridgehead atoms. The minimum Gasteiger partial charge on any atom is -0.338 e. The van der Waals surface area contributed by atoms with Crippen molar-refractivity contribution in [1.82, 2.24) is 4.90 Å². The Hall–Kier alpha value is -1.89. The molecular weight excluding hydrogens is 243 g/mol. The summed E-state index contributed by atoms with van der Waals surface area (Å²) in [6.45, 7) is 1.78. The van der Waals surface area contributed by atoms with Crippen molar-refractivity contribution in [2.75, 3.05) is 7.05 Å². The van der Waals surface area contributed by atoms with Crippen molar-refractivity contribution in [3.05, 3.63) is 35.6 Å². The van der Waals surface area contributed by atoms with Crippen LogP contribution in [0.5, 0.6) is 0 Å². The number of hydrogen-bond donors (Lipinski definition) is 0. The lowest BCUT2D eigenvalue weighted by atomic mass is 9.69. The molecule has 1 amide bonds. The van der Waals surface area contributed by atoms with Gasteiger partial charge in [0, 0.05) is 12.6 Å². The number of carbonyl (C=O) groups excluding carboxylic acids is 1. The molecule has 19 heavy (non-hydrogen) atoms. The zero-order valence-electron chi connectivity index (χ0n) is 11.2. The molecule has 1 unspecified atom stereocenters. The zero-order valence-corrected chi connectivity index (χ0v) is 11.2. The fourth-order valence-electron chi connectivity index (χ4n) is 2.44. The first kappa shape index (κ1) is 13.5. The zero-order chi connectivity index (χ0) is 14.0. The van der Waals surface area contributed by atoms with Gasteiger partial charge >= 0.3 is 0 Å². The van der Waals surface area contributed by atoms with E-state index in [1.54, 1.807) is 32.2 Å². The van der Waals surface area contributed by atoms with Gasteiger partial charge < -0.3 is 4.90 Å². The van der Waals surface area contributed by atoms with Gasteiger partial charge in [0.05, 0.1) is 12.1 Å². The van der Waals surface area contributed by atoms with E-state index in [-0.39, 0.29) is 17.8 Å². The van der Waals surface area contributed by atoms with Crippen LogP contribution in [0.4, 0.5) is 4.39 Å². The molecule has 0 spiro atoms. The Morgan fingerprint density at radius 3 is 2.58 bits per heavy atom. The lowest BCUT2D eigenvalue weighted by molar-refractivity contribution is -0.143. The number of nitriles is 1. The van der Waals surface area contributed by atoms with E-state index < -0.39 is 5.41 Å². The fraction of sp³-hybridized carbons (Fsp3) is 0.467. The van der Waals surface area contributed by atoms with Gasteiger partial charge in [0.2, 0.25) is 5.91 Å². The van der Waals surface area contributed by atoms with Crippen LogP contribution in [0.15, 0.2) is 24.3 Å². The van der Waals surface area contributed by atoms with E-state index in [9.17, 15) is 14.4 Å².